The van der Waals surface area contributed by atoms with Crippen LogP contribution in [0.25, 0.3) is 0 Å². The predicted octanol–water partition coefficient (Wildman–Crippen LogP) is 12.8. The average molecular weight is 905 g/mol. The minimum atomic E-state index is -2.03. The second-order valence-electron chi connectivity index (χ2n) is 19.2. The van der Waals surface area contributed by atoms with Crippen molar-refractivity contribution in [3.63, 3.8) is 0 Å². The molecule has 2 aromatic heterocycles. The molecule has 6 rings (SSSR count). The van der Waals surface area contributed by atoms with E-state index in [-0.39, 0.29) is 21.7 Å². The van der Waals surface area contributed by atoms with E-state index in [9.17, 15) is 0 Å². The van der Waals surface area contributed by atoms with Gasteiger partial charge in [0.25, 0.3) is 0 Å². The summed E-state index contributed by atoms with van der Waals surface area (Å²) in [7, 11) is 0. The van der Waals surface area contributed by atoms with E-state index in [1.165, 1.54) is 22.3 Å². The number of hydrogen-bond acceptors (Lipinski definition) is 6. The number of rotatable bonds is 6. The topological polar surface area (TPSA) is 59.9 Å². The van der Waals surface area contributed by atoms with Gasteiger partial charge in [0.05, 0.1) is 0 Å². The van der Waals surface area contributed by atoms with Gasteiger partial charge >= 0.3 is 25.3 Å². The van der Waals surface area contributed by atoms with Crippen LogP contribution in [0.5, 0.6) is 0 Å². The number of hydrogen-bond donors (Lipinski definition) is 0. The van der Waals surface area contributed by atoms with Gasteiger partial charge < -0.3 is 25.3 Å². The molecular weight excluding hydrogens is 845 g/mol. The normalized spacial score (nSPS) is 12.3. The van der Waals surface area contributed by atoms with Crippen LogP contribution >= 0.6 is 0 Å². The molecular formula is C52H60MoN2O2S2. The van der Waals surface area contributed by atoms with E-state index in [0.717, 1.165) is 33.6 Å². The van der Waals surface area contributed by atoms with Crippen LogP contribution in [0.3, 0.4) is 0 Å². The minimum absolute atomic E-state index is 0.113. The molecule has 2 heterocycles. The Kier molecular flexibility index (Phi) is 15.6. The number of aromatic nitrogens is 2. The fraction of sp³-hybridized carbons (Fsp3) is 0.346. The van der Waals surface area contributed by atoms with Crippen molar-refractivity contribution in [2.45, 2.75) is 114 Å². The van der Waals surface area contributed by atoms with Crippen molar-refractivity contribution in [1.82, 2.24) is 9.97 Å². The van der Waals surface area contributed by atoms with E-state index in [0.29, 0.717) is 0 Å². The van der Waals surface area contributed by atoms with E-state index in [4.69, 9.17) is 32.1 Å². The molecule has 0 bridgehead atoms. The van der Waals surface area contributed by atoms with Crippen molar-refractivity contribution in [3.05, 3.63) is 202 Å². The Morgan fingerprint density at radius 2 is 0.525 bits per heavy atom. The SMILES string of the molecule is CC(C)(C)c1ccc(C([S-])(c2ccc(C(C)(C)C)cc2)c2ccccn2)cc1.CC(C)(C)c1ccc(C([S-])(c2ccc(C(C)(C)C)cc2)c2ccccn2)cc1.[O]=[Mo+2]=[O]. The van der Waals surface area contributed by atoms with Crippen molar-refractivity contribution in [2.24, 2.45) is 0 Å². The van der Waals surface area contributed by atoms with E-state index in [2.05, 4.69) is 190 Å². The summed E-state index contributed by atoms with van der Waals surface area (Å²) in [5, 5.41) is 0. The zero-order chi connectivity index (χ0) is 43.9. The molecule has 0 fully saturated rings. The fourth-order valence-electron chi connectivity index (χ4n) is 6.89. The summed E-state index contributed by atoms with van der Waals surface area (Å²) >= 11 is 10.6. The number of benzene rings is 4. The predicted molar refractivity (Wildman–Crippen MR) is 245 cm³/mol. The van der Waals surface area contributed by atoms with Gasteiger partial charge in [0.15, 0.2) is 0 Å². The second kappa shape index (κ2) is 19.3. The van der Waals surface area contributed by atoms with Crippen LogP contribution in [0.1, 0.15) is 139 Å². The first kappa shape index (κ1) is 47.8. The van der Waals surface area contributed by atoms with Gasteiger partial charge in [-0.15, -0.1) is 0 Å². The van der Waals surface area contributed by atoms with E-state index < -0.39 is 28.0 Å². The molecule has 0 amide bonds. The van der Waals surface area contributed by atoms with Gasteiger partial charge in [0.1, 0.15) is 0 Å². The summed E-state index contributed by atoms with van der Waals surface area (Å²) in [5.74, 6) is 0. The maximum atomic E-state index is 8.50. The fourth-order valence-corrected chi connectivity index (χ4v) is 7.67. The van der Waals surface area contributed by atoms with Gasteiger partial charge in [-0.3, -0.25) is 9.97 Å². The summed E-state index contributed by atoms with van der Waals surface area (Å²) in [4.78, 5) is 9.28. The van der Waals surface area contributed by atoms with E-state index >= 15 is 0 Å². The summed E-state index contributed by atoms with van der Waals surface area (Å²) < 4.78 is 15.6. The number of pyridine rings is 2. The molecule has 0 spiro atoms. The van der Waals surface area contributed by atoms with Crippen LogP contribution in [-0.2, 0) is 81.7 Å². The molecule has 308 valence electrons. The third kappa shape index (κ3) is 11.7. The summed E-state index contributed by atoms with van der Waals surface area (Å²) in [5.41, 5.74) is 11.8. The molecule has 4 nitrogen and oxygen atoms in total. The molecule has 0 aliphatic rings. The molecule has 0 aliphatic heterocycles. The van der Waals surface area contributed by atoms with Crippen molar-refractivity contribution >= 4 is 25.3 Å². The van der Waals surface area contributed by atoms with Crippen molar-refractivity contribution in [1.29, 1.82) is 0 Å². The zero-order valence-electron chi connectivity index (χ0n) is 36.8. The van der Waals surface area contributed by atoms with Crippen LogP contribution < -0.4 is 0 Å². The Morgan fingerprint density at radius 3 is 0.678 bits per heavy atom. The maximum absolute atomic E-state index is 8.50. The first-order chi connectivity index (χ1) is 27.5. The third-order valence-electron chi connectivity index (χ3n) is 10.7. The second-order valence-corrected chi connectivity index (χ2v) is 20.7. The summed E-state index contributed by atoms with van der Waals surface area (Å²) in [6.07, 6.45) is 3.65. The first-order valence-corrected chi connectivity index (χ1v) is 22.5. The van der Waals surface area contributed by atoms with Gasteiger partial charge in [0.2, 0.25) is 0 Å². The Morgan fingerprint density at radius 1 is 0.339 bits per heavy atom. The molecule has 0 saturated carbocycles. The van der Waals surface area contributed by atoms with Crippen LogP contribution in [0.15, 0.2) is 146 Å². The molecule has 7 heteroatoms. The molecule has 0 unspecified atom stereocenters. The third-order valence-corrected chi connectivity index (χ3v) is 12.0. The Hall–Kier alpha value is -3.83. The van der Waals surface area contributed by atoms with Crippen LogP contribution in [0.2, 0.25) is 0 Å². The summed E-state index contributed by atoms with van der Waals surface area (Å²) in [6, 6.07) is 46.9. The molecule has 0 saturated heterocycles. The average Bonchev–Trinajstić information content (AvgIpc) is 3.20. The van der Waals surface area contributed by atoms with Crippen molar-refractivity contribution in [3.8, 4) is 0 Å². The van der Waals surface area contributed by atoms with Gasteiger partial charge in [-0.1, -0.05) is 224 Å². The van der Waals surface area contributed by atoms with Crippen LogP contribution in [-0.4, -0.2) is 9.97 Å². The standard InChI is InChI=1S/2C26H31NS.Mo.2O/c2*1-24(2,3)19-10-14-21(15-11-19)26(28,23-9-7-8-18-27-23)22-16-12-20(13-17-22)25(4,5)6;;;/h2*7-18,28H,1-6H3;;;/q;;+2;;/p-2. The van der Waals surface area contributed by atoms with Crippen LogP contribution in [0.4, 0.5) is 0 Å². The van der Waals surface area contributed by atoms with E-state index in [1.54, 1.807) is 0 Å². The van der Waals surface area contributed by atoms with Gasteiger partial charge in [0, 0.05) is 23.8 Å². The molecule has 0 N–H and O–H groups in total. The van der Waals surface area contributed by atoms with Gasteiger partial charge in [-0.05, 0) is 68.2 Å². The van der Waals surface area contributed by atoms with Crippen molar-refractivity contribution < 1.29 is 25.3 Å². The van der Waals surface area contributed by atoms with Gasteiger partial charge in [-0.2, -0.15) is 0 Å². The molecule has 0 radical (unpaired) electrons. The number of nitrogens with zero attached hydrogens (tertiary/aromatic N) is 2. The van der Waals surface area contributed by atoms with Gasteiger partial charge in [-0.25, -0.2) is 0 Å². The monoisotopic (exact) mass is 906 g/mol. The van der Waals surface area contributed by atoms with Crippen molar-refractivity contribution in [2.75, 3.05) is 0 Å². The first-order valence-electron chi connectivity index (χ1n) is 20.1. The summed E-state index contributed by atoms with van der Waals surface area (Å²) in [6.45, 7) is 26.7. The Bertz CT molecular complexity index is 1980. The quantitative estimate of drug-likeness (QED) is 0.123. The molecule has 6 aromatic rings. The molecule has 4 aromatic carbocycles. The van der Waals surface area contributed by atoms with Crippen LogP contribution in [0, 0.1) is 0 Å². The molecule has 59 heavy (non-hydrogen) atoms. The zero-order valence-corrected chi connectivity index (χ0v) is 40.4. The Labute approximate surface area is 374 Å². The Balaban J connectivity index is 0.000000244. The van der Waals surface area contributed by atoms with E-state index in [1.807, 2.05) is 48.8 Å². The molecule has 0 aliphatic carbocycles. The molecule has 0 atom stereocenters.